The molecule has 2 unspecified atom stereocenters. The molecule has 24 heavy (non-hydrogen) atoms. The van der Waals surface area contributed by atoms with Crippen molar-refractivity contribution >= 4 is 27.2 Å². The Morgan fingerprint density at radius 2 is 2.25 bits per heavy atom. The highest BCUT2D eigenvalue weighted by Gasteiger charge is 2.15. The molecule has 3 aromatic rings. The third-order valence-electron chi connectivity index (χ3n) is 3.57. The minimum atomic E-state index is -0.707. The molecule has 2 N–H and O–H groups in total. The lowest BCUT2D eigenvalue weighted by Crippen LogP contribution is -2.32. The molecule has 0 spiro atoms. The topological polar surface area (TPSA) is 106 Å². The van der Waals surface area contributed by atoms with Crippen molar-refractivity contribution in [3.05, 3.63) is 51.8 Å². The summed E-state index contributed by atoms with van der Waals surface area (Å²) in [7, 11) is 0. The lowest BCUT2D eigenvalue weighted by atomic mass is 10.3. The number of hydrogen-bond donors (Lipinski definition) is 2. The van der Waals surface area contributed by atoms with Crippen LogP contribution in [-0.2, 0) is 6.54 Å². The molecule has 0 aliphatic carbocycles. The zero-order chi connectivity index (χ0) is 17.1. The molecule has 0 saturated carbocycles. The fourth-order valence-electron chi connectivity index (χ4n) is 2.30. The summed E-state index contributed by atoms with van der Waals surface area (Å²) in [6, 6.07) is 7.94. The number of nitrogens with zero attached hydrogens (tertiary/aromatic N) is 4. The first-order valence-corrected chi connectivity index (χ1v) is 8.28. The molecule has 2 atom stereocenters. The van der Waals surface area contributed by atoms with Crippen molar-refractivity contribution in [1.29, 1.82) is 0 Å². The number of aromatic nitrogens is 3. The Kier molecular flexibility index (Phi) is 4.84. The van der Waals surface area contributed by atoms with Crippen LogP contribution in [0, 0.1) is 10.1 Å². The number of para-hydroxylation sites is 1. The molecule has 0 bridgehead atoms. The van der Waals surface area contributed by atoms with Crippen LogP contribution >= 0.6 is 11.3 Å². The molecule has 9 heteroatoms. The number of nitro groups is 1. The lowest BCUT2D eigenvalue weighted by molar-refractivity contribution is -0.385. The van der Waals surface area contributed by atoms with E-state index in [1.54, 1.807) is 11.3 Å². The first-order valence-electron chi connectivity index (χ1n) is 7.46. The second-order valence-electron chi connectivity index (χ2n) is 5.48. The summed E-state index contributed by atoms with van der Waals surface area (Å²) in [5.74, 6) is 0. The summed E-state index contributed by atoms with van der Waals surface area (Å²) in [6.45, 7) is 2.52. The second-order valence-corrected chi connectivity index (χ2v) is 6.54. The summed E-state index contributed by atoms with van der Waals surface area (Å²) >= 11 is 1.62. The Hall–Kier alpha value is -2.36. The predicted molar refractivity (Wildman–Crippen MR) is 90.9 cm³/mol. The molecule has 1 aromatic carbocycles. The maximum atomic E-state index is 10.6. The van der Waals surface area contributed by atoms with Gasteiger partial charge in [-0.1, -0.05) is 12.1 Å². The quantitative estimate of drug-likeness (QED) is 0.501. The molecule has 0 aliphatic heterocycles. The molecule has 3 rings (SSSR count). The largest absolute Gasteiger partial charge is 0.390 e. The third-order valence-corrected chi connectivity index (χ3v) is 4.79. The van der Waals surface area contributed by atoms with Gasteiger partial charge in [0.2, 0.25) is 0 Å². The van der Waals surface area contributed by atoms with Gasteiger partial charge >= 0.3 is 5.69 Å². The highest BCUT2D eigenvalue weighted by Crippen LogP contribution is 2.25. The van der Waals surface area contributed by atoms with Crippen LogP contribution in [0.4, 0.5) is 5.69 Å². The van der Waals surface area contributed by atoms with Crippen molar-refractivity contribution < 1.29 is 10.0 Å². The van der Waals surface area contributed by atoms with Crippen LogP contribution in [0.2, 0.25) is 0 Å². The van der Waals surface area contributed by atoms with Gasteiger partial charge in [-0.3, -0.25) is 14.8 Å². The third kappa shape index (κ3) is 3.75. The van der Waals surface area contributed by atoms with Crippen LogP contribution in [0.5, 0.6) is 0 Å². The zero-order valence-corrected chi connectivity index (χ0v) is 13.8. The lowest BCUT2D eigenvalue weighted by Gasteiger charge is -2.15. The molecule has 2 heterocycles. The smallest absolute Gasteiger partial charge is 0.306 e. The van der Waals surface area contributed by atoms with Crippen LogP contribution in [0.3, 0.4) is 0 Å². The SMILES string of the molecule is CC(NCC(O)Cn1cc([N+](=O)[O-])cn1)c1nc2ccccc2s1. The molecule has 8 nitrogen and oxygen atoms in total. The normalized spacial score (nSPS) is 13.9. The molecule has 0 aliphatic rings. The van der Waals surface area contributed by atoms with E-state index in [-0.39, 0.29) is 18.3 Å². The average molecular weight is 347 g/mol. The predicted octanol–water partition coefficient (Wildman–Crippen LogP) is 2.11. The summed E-state index contributed by atoms with van der Waals surface area (Å²) in [5.41, 5.74) is 0.883. The highest BCUT2D eigenvalue weighted by molar-refractivity contribution is 7.18. The molecular weight excluding hydrogens is 330 g/mol. The maximum absolute atomic E-state index is 10.6. The highest BCUT2D eigenvalue weighted by atomic mass is 32.1. The molecule has 0 saturated heterocycles. The van der Waals surface area contributed by atoms with Crippen molar-refractivity contribution in [3.8, 4) is 0 Å². The standard InChI is InChI=1S/C15H17N5O3S/c1-10(15-18-13-4-2-3-5-14(13)24-15)16-7-12(21)9-19-8-11(6-17-19)20(22)23/h2-6,8,10,12,16,21H,7,9H2,1H3. The van der Waals surface area contributed by atoms with Crippen molar-refractivity contribution in [2.45, 2.75) is 25.6 Å². The van der Waals surface area contributed by atoms with E-state index in [1.807, 2.05) is 31.2 Å². The van der Waals surface area contributed by atoms with Crippen molar-refractivity contribution in [2.75, 3.05) is 6.54 Å². The fraction of sp³-hybridized carbons (Fsp3) is 0.333. The second kappa shape index (κ2) is 7.04. The fourth-order valence-corrected chi connectivity index (χ4v) is 3.30. The molecule has 0 fully saturated rings. The van der Waals surface area contributed by atoms with Crippen LogP contribution in [-0.4, -0.2) is 37.4 Å². The van der Waals surface area contributed by atoms with Gasteiger partial charge in [-0.15, -0.1) is 11.3 Å². The average Bonchev–Trinajstić information content (AvgIpc) is 3.19. The van der Waals surface area contributed by atoms with Gasteiger partial charge in [0.25, 0.3) is 0 Å². The maximum Gasteiger partial charge on any atom is 0.306 e. The first-order chi connectivity index (χ1) is 11.5. The number of benzene rings is 1. The first kappa shape index (κ1) is 16.5. The molecular formula is C15H17N5O3S. The number of hydrogen-bond acceptors (Lipinski definition) is 7. The van der Waals surface area contributed by atoms with Gasteiger partial charge in [-0.25, -0.2) is 4.98 Å². The Morgan fingerprint density at radius 1 is 1.46 bits per heavy atom. The number of rotatable bonds is 7. The summed E-state index contributed by atoms with van der Waals surface area (Å²) in [6.07, 6.45) is 1.77. The van der Waals surface area contributed by atoms with E-state index in [0.29, 0.717) is 6.54 Å². The summed E-state index contributed by atoms with van der Waals surface area (Å²) < 4.78 is 2.50. The van der Waals surface area contributed by atoms with Gasteiger partial charge < -0.3 is 10.4 Å². The molecule has 2 aromatic heterocycles. The molecule has 0 radical (unpaired) electrons. The number of nitrogens with one attached hydrogen (secondary N) is 1. The van der Waals surface area contributed by atoms with Crippen LogP contribution in [0.25, 0.3) is 10.2 Å². The van der Waals surface area contributed by atoms with Crippen LogP contribution in [0.1, 0.15) is 18.0 Å². The zero-order valence-electron chi connectivity index (χ0n) is 13.0. The van der Waals surface area contributed by atoms with Crippen LogP contribution < -0.4 is 5.32 Å². The van der Waals surface area contributed by atoms with Gasteiger partial charge in [0.05, 0.1) is 33.8 Å². The van der Waals surface area contributed by atoms with Crippen molar-refractivity contribution in [2.24, 2.45) is 0 Å². The van der Waals surface area contributed by atoms with E-state index >= 15 is 0 Å². The van der Waals surface area contributed by atoms with Gasteiger partial charge in [0.1, 0.15) is 17.4 Å². The van der Waals surface area contributed by atoms with E-state index in [1.165, 1.54) is 17.1 Å². The molecule has 126 valence electrons. The Morgan fingerprint density at radius 3 is 2.96 bits per heavy atom. The van der Waals surface area contributed by atoms with Gasteiger partial charge in [0, 0.05) is 6.54 Å². The van der Waals surface area contributed by atoms with Crippen LogP contribution in [0.15, 0.2) is 36.7 Å². The number of fused-ring (bicyclic) bond motifs is 1. The summed E-state index contributed by atoms with van der Waals surface area (Å²) in [5, 5.41) is 28.8. The van der Waals surface area contributed by atoms with Gasteiger partial charge in [-0.2, -0.15) is 5.10 Å². The monoisotopic (exact) mass is 347 g/mol. The number of aliphatic hydroxyl groups excluding tert-OH is 1. The van der Waals surface area contributed by atoms with E-state index in [4.69, 9.17) is 0 Å². The minimum absolute atomic E-state index is 0.00371. The molecule has 0 amide bonds. The van der Waals surface area contributed by atoms with E-state index in [0.717, 1.165) is 15.2 Å². The van der Waals surface area contributed by atoms with E-state index < -0.39 is 11.0 Å². The van der Waals surface area contributed by atoms with E-state index in [9.17, 15) is 15.2 Å². The Labute approximate surface area is 141 Å². The van der Waals surface area contributed by atoms with E-state index in [2.05, 4.69) is 15.4 Å². The summed E-state index contributed by atoms with van der Waals surface area (Å²) in [4.78, 5) is 14.7. The van der Waals surface area contributed by atoms with Crippen molar-refractivity contribution in [1.82, 2.24) is 20.1 Å². The number of aliphatic hydroxyl groups is 1. The Balaban J connectivity index is 1.54. The minimum Gasteiger partial charge on any atom is -0.390 e. The van der Waals surface area contributed by atoms with Crippen molar-refractivity contribution in [3.63, 3.8) is 0 Å². The number of thiazole rings is 1. The Bertz CT molecular complexity index is 813. The van der Waals surface area contributed by atoms with Gasteiger partial charge in [-0.05, 0) is 19.1 Å². The van der Waals surface area contributed by atoms with Gasteiger partial charge in [0.15, 0.2) is 0 Å².